The van der Waals surface area contributed by atoms with E-state index >= 15 is 0 Å². The number of hydrogen-bond donors (Lipinski definition) is 2. The number of hydrogen-bond acceptors (Lipinski definition) is 5. The van der Waals surface area contributed by atoms with Crippen LogP contribution in [0.3, 0.4) is 0 Å². The van der Waals surface area contributed by atoms with Crippen LogP contribution in [-0.2, 0) is 6.61 Å². The molecule has 0 saturated heterocycles. The maximum Gasteiger partial charge on any atom is 0.335 e. The van der Waals surface area contributed by atoms with Crippen molar-refractivity contribution >= 4 is 46.4 Å². The molecule has 4 aromatic rings. The second-order valence-electron chi connectivity index (χ2n) is 6.46. The first-order chi connectivity index (χ1) is 14.9. The molecule has 31 heavy (non-hydrogen) atoms. The van der Waals surface area contributed by atoms with Gasteiger partial charge in [0.15, 0.2) is 11.3 Å². The van der Waals surface area contributed by atoms with Gasteiger partial charge in [0.25, 0.3) is 5.91 Å². The number of anilines is 1. The molecule has 2 heterocycles. The molecular weight excluding hydrogens is 443 g/mol. The molecule has 2 N–H and O–H groups in total. The number of nitrogens with one attached hydrogen (secondary N) is 1. The number of halogens is 2. The zero-order valence-electron chi connectivity index (χ0n) is 15.8. The number of nitrogens with zero attached hydrogens (tertiary/aromatic N) is 3. The zero-order chi connectivity index (χ0) is 22.0. The molecule has 2 aromatic carbocycles. The average molecular weight is 457 g/mol. The standard InChI is InChI=1S/C21H14Cl2N4O4/c22-15-6-1-12(9-16(15)23)11-31-19-8-7-18-24-10-17(27(18)26-19)20(28)25-14-4-2-13(3-5-14)21(29)30/h1-10H,11H2,(H,25,28)(H,29,30). The molecule has 10 heteroatoms. The molecule has 8 nitrogen and oxygen atoms in total. The van der Waals surface area contributed by atoms with Crippen LogP contribution in [0.1, 0.15) is 26.4 Å². The maximum atomic E-state index is 12.7. The molecular formula is C21H14Cl2N4O4. The number of benzene rings is 2. The van der Waals surface area contributed by atoms with E-state index in [2.05, 4.69) is 15.4 Å². The predicted octanol–water partition coefficient (Wildman–Crippen LogP) is 4.57. The predicted molar refractivity (Wildman–Crippen MR) is 115 cm³/mol. The van der Waals surface area contributed by atoms with Gasteiger partial charge in [0.1, 0.15) is 6.61 Å². The van der Waals surface area contributed by atoms with E-state index in [4.69, 9.17) is 33.0 Å². The SMILES string of the molecule is O=C(O)c1ccc(NC(=O)c2cnc3ccc(OCc4ccc(Cl)c(Cl)c4)nn23)cc1. The lowest BCUT2D eigenvalue weighted by atomic mass is 10.2. The topological polar surface area (TPSA) is 106 Å². The van der Waals surface area contributed by atoms with E-state index in [1.165, 1.54) is 35.0 Å². The number of carboxylic acids is 1. The summed E-state index contributed by atoms with van der Waals surface area (Å²) in [4.78, 5) is 27.8. The van der Waals surface area contributed by atoms with Gasteiger partial charge in [-0.05, 0) is 48.0 Å². The Hall–Kier alpha value is -3.62. The number of carboxylic acid groups (broad SMARTS) is 1. The first kappa shape index (κ1) is 20.6. The minimum absolute atomic E-state index is 0.123. The normalized spacial score (nSPS) is 10.8. The highest BCUT2D eigenvalue weighted by atomic mass is 35.5. The second kappa shape index (κ2) is 8.63. The highest BCUT2D eigenvalue weighted by molar-refractivity contribution is 6.42. The third kappa shape index (κ3) is 4.60. The third-order valence-electron chi connectivity index (χ3n) is 4.33. The van der Waals surface area contributed by atoms with E-state index in [-0.39, 0.29) is 23.7 Å². The lowest BCUT2D eigenvalue weighted by molar-refractivity contribution is 0.0696. The molecule has 0 radical (unpaired) electrons. The Balaban J connectivity index is 1.51. The van der Waals surface area contributed by atoms with Crippen LogP contribution in [-0.4, -0.2) is 31.6 Å². The quantitative estimate of drug-likeness (QED) is 0.440. The Kier molecular flexibility index (Phi) is 5.75. The minimum atomic E-state index is -1.04. The molecule has 0 atom stereocenters. The Morgan fingerprint density at radius 1 is 1.03 bits per heavy atom. The number of amides is 1. The summed E-state index contributed by atoms with van der Waals surface area (Å²) in [6.45, 7) is 0.210. The molecule has 0 spiro atoms. The van der Waals surface area contributed by atoms with Crippen molar-refractivity contribution in [2.75, 3.05) is 5.32 Å². The first-order valence-corrected chi connectivity index (χ1v) is 9.72. The first-order valence-electron chi connectivity index (χ1n) is 8.97. The van der Waals surface area contributed by atoms with Gasteiger partial charge in [0.2, 0.25) is 5.88 Å². The number of ether oxygens (including phenoxy) is 1. The van der Waals surface area contributed by atoms with Gasteiger partial charge in [0.05, 0.1) is 21.8 Å². The maximum absolute atomic E-state index is 12.7. The third-order valence-corrected chi connectivity index (χ3v) is 5.07. The largest absolute Gasteiger partial charge is 0.478 e. The second-order valence-corrected chi connectivity index (χ2v) is 7.27. The summed E-state index contributed by atoms with van der Waals surface area (Å²) in [7, 11) is 0. The molecule has 1 amide bonds. The van der Waals surface area contributed by atoms with Gasteiger partial charge < -0.3 is 15.2 Å². The van der Waals surface area contributed by atoms with E-state index in [9.17, 15) is 9.59 Å². The van der Waals surface area contributed by atoms with Gasteiger partial charge in [-0.1, -0.05) is 29.3 Å². The van der Waals surface area contributed by atoms with Crippen LogP contribution in [0.2, 0.25) is 10.0 Å². The van der Waals surface area contributed by atoms with Crippen LogP contribution >= 0.6 is 23.2 Å². The molecule has 0 unspecified atom stereocenters. The number of imidazole rings is 1. The van der Waals surface area contributed by atoms with Crippen molar-refractivity contribution in [2.45, 2.75) is 6.61 Å². The van der Waals surface area contributed by atoms with Crippen LogP contribution in [0.15, 0.2) is 60.8 Å². The lowest BCUT2D eigenvalue weighted by Crippen LogP contribution is -2.15. The van der Waals surface area contributed by atoms with E-state index in [0.717, 1.165) is 5.56 Å². The summed E-state index contributed by atoms with van der Waals surface area (Å²) in [6, 6.07) is 14.3. The van der Waals surface area contributed by atoms with Gasteiger partial charge >= 0.3 is 5.97 Å². The molecule has 0 fully saturated rings. The molecule has 2 aromatic heterocycles. The fourth-order valence-electron chi connectivity index (χ4n) is 2.77. The minimum Gasteiger partial charge on any atom is -0.478 e. The Morgan fingerprint density at radius 3 is 2.52 bits per heavy atom. The molecule has 0 aliphatic heterocycles. The van der Waals surface area contributed by atoms with Crippen molar-refractivity contribution in [1.29, 1.82) is 0 Å². The Morgan fingerprint density at radius 2 is 1.81 bits per heavy atom. The number of fused-ring (bicyclic) bond motifs is 1. The monoisotopic (exact) mass is 456 g/mol. The summed E-state index contributed by atoms with van der Waals surface area (Å²) in [6.07, 6.45) is 1.39. The number of carbonyl (C=O) groups excluding carboxylic acids is 1. The summed E-state index contributed by atoms with van der Waals surface area (Å²) < 4.78 is 7.07. The van der Waals surface area contributed by atoms with E-state index in [0.29, 0.717) is 21.4 Å². The fourth-order valence-corrected chi connectivity index (χ4v) is 3.09. The summed E-state index contributed by atoms with van der Waals surface area (Å²) in [5.74, 6) is -1.21. The van der Waals surface area contributed by atoms with Crippen molar-refractivity contribution in [3.63, 3.8) is 0 Å². The lowest BCUT2D eigenvalue weighted by Gasteiger charge is -2.08. The zero-order valence-corrected chi connectivity index (χ0v) is 17.3. The Labute approximate surface area is 186 Å². The average Bonchev–Trinajstić information content (AvgIpc) is 3.18. The van der Waals surface area contributed by atoms with E-state index in [1.54, 1.807) is 30.3 Å². The molecule has 4 rings (SSSR count). The van der Waals surface area contributed by atoms with Crippen molar-refractivity contribution in [3.8, 4) is 5.88 Å². The molecule has 0 bridgehead atoms. The fraction of sp³-hybridized carbons (Fsp3) is 0.0476. The number of carbonyl (C=O) groups is 2. The van der Waals surface area contributed by atoms with E-state index in [1.807, 2.05) is 0 Å². The molecule has 0 aliphatic carbocycles. The van der Waals surface area contributed by atoms with Gasteiger partial charge in [-0.25, -0.2) is 14.3 Å². The number of rotatable bonds is 6. The van der Waals surface area contributed by atoms with Crippen molar-refractivity contribution in [1.82, 2.24) is 14.6 Å². The van der Waals surface area contributed by atoms with Gasteiger partial charge in [-0.2, -0.15) is 0 Å². The summed E-state index contributed by atoms with van der Waals surface area (Å²) in [5.41, 5.74) is 2.03. The van der Waals surface area contributed by atoms with E-state index < -0.39 is 11.9 Å². The van der Waals surface area contributed by atoms with Gasteiger partial charge in [-0.3, -0.25) is 4.79 Å². The highest BCUT2D eigenvalue weighted by Gasteiger charge is 2.15. The van der Waals surface area contributed by atoms with Crippen LogP contribution in [0, 0.1) is 0 Å². The van der Waals surface area contributed by atoms with Crippen LogP contribution < -0.4 is 10.1 Å². The van der Waals surface area contributed by atoms with Crippen LogP contribution in [0.25, 0.3) is 5.65 Å². The Bertz CT molecular complexity index is 1290. The molecule has 0 saturated carbocycles. The molecule has 0 aliphatic rings. The van der Waals surface area contributed by atoms with Crippen LogP contribution in [0.5, 0.6) is 5.88 Å². The number of aromatic nitrogens is 3. The summed E-state index contributed by atoms with van der Waals surface area (Å²) >= 11 is 11.9. The highest BCUT2D eigenvalue weighted by Crippen LogP contribution is 2.23. The molecule has 156 valence electrons. The van der Waals surface area contributed by atoms with Gasteiger partial charge in [-0.15, -0.1) is 5.10 Å². The number of aromatic carboxylic acids is 1. The smallest absolute Gasteiger partial charge is 0.335 e. The van der Waals surface area contributed by atoms with Gasteiger partial charge in [0, 0.05) is 11.8 Å². The van der Waals surface area contributed by atoms with Crippen LogP contribution in [0.4, 0.5) is 5.69 Å². The van der Waals surface area contributed by atoms with Crippen molar-refractivity contribution < 1.29 is 19.4 Å². The van der Waals surface area contributed by atoms with Crippen molar-refractivity contribution in [3.05, 3.63) is 87.7 Å². The van der Waals surface area contributed by atoms with Crippen molar-refractivity contribution in [2.24, 2.45) is 0 Å². The summed E-state index contributed by atoms with van der Waals surface area (Å²) in [5, 5.41) is 16.9.